The minimum absolute atomic E-state index is 0.0636. The van der Waals surface area contributed by atoms with Gasteiger partial charge < -0.3 is 4.74 Å². The largest absolute Gasteiger partial charge is 0.462 e. The number of allylic oxidation sites excluding steroid dienone is 3. The number of fused-ring (bicyclic) bond motifs is 7. The molecule has 3 heteroatoms. The summed E-state index contributed by atoms with van der Waals surface area (Å²) in [5, 5.41) is 0. The third-order valence-corrected chi connectivity index (χ3v) is 10.7. The van der Waals surface area contributed by atoms with E-state index in [9.17, 15) is 9.59 Å². The number of esters is 1. The molecule has 164 valence electrons. The van der Waals surface area contributed by atoms with Crippen molar-refractivity contribution in [2.75, 3.05) is 0 Å². The zero-order valence-electron chi connectivity index (χ0n) is 19.2. The molecule has 0 aromatic heterocycles. The topological polar surface area (TPSA) is 43.4 Å². The van der Waals surface area contributed by atoms with Gasteiger partial charge in [-0.1, -0.05) is 37.6 Å². The van der Waals surface area contributed by atoms with E-state index in [4.69, 9.17) is 4.74 Å². The molecule has 0 heterocycles. The van der Waals surface area contributed by atoms with Crippen molar-refractivity contribution in [2.24, 2.45) is 39.9 Å². The maximum atomic E-state index is 13.2. The van der Waals surface area contributed by atoms with Crippen LogP contribution < -0.4 is 0 Å². The van der Waals surface area contributed by atoms with Crippen molar-refractivity contribution < 1.29 is 14.3 Å². The normalized spacial score (nSPS) is 49.2. The Kier molecular flexibility index (Phi) is 4.66. The molecule has 0 N–H and O–H groups in total. The van der Waals surface area contributed by atoms with Crippen molar-refractivity contribution in [1.29, 1.82) is 0 Å². The summed E-state index contributed by atoms with van der Waals surface area (Å²) in [7, 11) is 0. The molecule has 0 aromatic rings. The van der Waals surface area contributed by atoms with Gasteiger partial charge in [0.15, 0.2) is 0 Å². The number of carbonyl (C=O) groups is 2. The second-order valence-electron chi connectivity index (χ2n) is 11.6. The Bertz CT molecular complexity index is 824. The van der Waals surface area contributed by atoms with E-state index in [0.29, 0.717) is 29.5 Å². The second kappa shape index (κ2) is 6.81. The van der Waals surface area contributed by atoms with E-state index in [1.165, 1.54) is 26.2 Å². The molecule has 8 atom stereocenters. The molecule has 0 radical (unpaired) electrons. The molecule has 0 aromatic carbocycles. The number of hydrogen-bond acceptors (Lipinski definition) is 3. The predicted molar refractivity (Wildman–Crippen MR) is 118 cm³/mol. The first-order valence-electron chi connectivity index (χ1n) is 12.2. The molecule has 5 aliphatic rings. The molecule has 3 saturated carbocycles. The van der Waals surface area contributed by atoms with Crippen molar-refractivity contribution in [3.63, 3.8) is 0 Å². The van der Waals surface area contributed by atoms with Crippen LogP contribution in [0.4, 0.5) is 0 Å². The molecule has 0 aliphatic heterocycles. The Labute approximate surface area is 181 Å². The highest BCUT2D eigenvalue weighted by Crippen LogP contribution is 2.73. The molecule has 0 bridgehead atoms. The molecule has 3 nitrogen and oxygen atoms in total. The zero-order valence-corrected chi connectivity index (χ0v) is 19.2. The smallest absolute Gasteiger partial charge is 0.302 e. The van der Waals surface area contributed by atoms with E-state index in [0.717, 1.165) is 38.5 Å². The van der Waals surface area contributed by atoms with Gasteiger partial charge in [-0.15, -0.1) is 0 Å². The van der Waals surface area contributed by atoms with Crippen LogP contribution in [0, 0.1) is 39.9 Å². The van der Waals surface area contributed by atoms with Gasteiger partial charge >= 0.3 is 5.97 Å². The Morgan fingerprint density at radius 1 is 1.03 bits per heavy atom. The van der Waals surface area contributed by atoms with Gasteiger partial charge in [0.25, 0.3) is 0 Å². The molecule has 0 amide bonds. The molecule has 0 saturated heterocycles. The highest BCUT2D eigenvalue weighted by Gasteiger charge is 2.68. The lowest BCUT2D eigenvalue weighted by molar-refractivity contribution is -0.150. The number of rotatable bonds is 2. The van der Waals surface area contributed by atoms with Crippen molar-refractivity contribution >= 4 is 11.8 Å². The van der Waals surface area contributed by atoms with Crippen molar-refractivity contribution in [3.05, 3.63) is 23.8 Å². The number of ketones is 1. The summed E-state index contributed by atoms with van der Waals surface area (Å²) in [5.74, 6) is 2.90. The first-order valence-corrected chi connectivity index (χ1v) is 12.2. The summed E-state index contributed by atoms with van der Waals surface area (Å²) in [6.07, 6.45) is 17.1. The number of hydrogen-bond donors (Lipinski definition) is 0. The van der Waals surface area contributed by atoms with E-state index in [2.05, 4.69) is 32.1 Å². The van der Waals surface area contributed by atoms with Crippen LogP contribution in [-0.2, 0) is 14.3 Å². The minimum atomic E-state index is -0.150. The van der Waals surface area contributed by atoms with Gasteiger partial charge in [-0.05, 0) is 92.8 Å². The third kappa shape index (κ3) is 2.56. The SMILES string of the molecule is CC(=O)O[C@H]1CC[C@@]2(C)C(=CC[C@H]3[C@@H]2CC[C@]2(C)[C@H]3C[C@H]3CC=CC[C@]32C(C)=O)C1. The van der Waals surface area contributed by atoms with E-state index in [-0.39, 0.29) is 28.3 Å². The third-order valence-electron chi connectivity index (χ3n) is 10.7. The van der Waals surface area contributed by atoms with Crippen molar-refractivity contribution in [3.8, 4) is 0 Å². The summed E-state index contributed by atoms with van der Waals surface area (Å²) >= 11 is 0. The Balaban J connectivity index is 1.47. The Morgan fingerprint density at radius 3 is 2.57 bits per heavy atom. The minimum Gasteiger partial charge on any atom is -0.462 e. The molecular formula is C27H38O3. The van der Waals surface area contributed by atoms with Gasteiger partial charge in [-0.25, -0.2) is 0 Å². The van der Waals surface area contributed by atoms with Gasteiger partial charge in [0.05, 0.1) is 0 Å². The highest BCUT2D eigenvalue weighted by molar-refractivity contribution is 5.85. The van der Waals surface area contributed by atoms with Gasteiger partial charge in [-0.3, -0.25) is 9.59 Å². The Hall–Kier alpha value is -1.38. The first kappa shape index (κ1) is 20.5. The second-order valence-corrected chi connectivity index (χ2v) is 11.6. The summed E-state index contributed by atoms with van der Waals surface area (Å²) in [4.78, 5) is 24.6. The lowest BCUT2D eigenvalue weighted by Gasteiger charge is -2.60. The summed E-state index contributed by atoms with van der Waals surface area (Å²) in [6, 6.07) is 0. The van der Waals surface area contributed by atoms with Crippen LogP contribution in [0.1, 0.15) is 85.5 Å². The van der Waals surface area contributed by atoms with Crippen LogP contribution in [-0.4, -0.2) is 17.9 Å². The number of carbonyl (C=O) groups excluding carboxylic acids is 2. The predicted octanol–water partition coefficient (Wildman–Crippen LogP) is 6.03. The van der Waals surface area contributed by atoms with Crippen molar-refractivity contribution in [1.82, 2.24) is 0 Å². The van der Waals surface area contributed by atoms with E-state index in [1.54, 1.807) is 5.57 Å². The summed E-state index contributed by atoms with van der Waals surface area (Å²) in [5.41, 5.74) is 1.81. The van der Waals surface area contributed by atoms with Crippen LogP contribution in [0.15, 0.2) is 23.8 Å². The van der Waals surface area contributed by atoms with Crippen LogP contribution in [0.2, 0.25) is 0 Å². The fourth-order valence-electron chi connectivity index (χ4n) is 9.31. The van der Waals surface area contributed by atoms with E-state index in [1.807, 2.05) is 6.92 Å². The highest BCUT2D eigenvalue weighted by atomic mass is 16.5. The zero-order chi connectivity index (χ0) is 21.3. The molecule has 5 aliphatic carbocycles. The van der Waals surface area contributed by atoms with E-state index >= 15 is 0 Å². The van der Waals surface area contributed by atoms with Gasteiger partial charge in [-0.2, -0.15) is 0 Å². The average molecular weight is 411 g/mol. The van der Waals surface area contributed by atoms with Crippen molar-refractivity contribution in [2.45, 2.75) is 91.6 Å². The standard InChI is InChI=1S/C27H38O3/c1-17(28)27-12-6-5-7-20(27)16-24-22-9-8-19-15-21(30-18(2)29)10-13-25(19,3)23(22)11-14-26(24,27)4/h5-6,8,20-24H,7,9-16H2,1-4H3/t20-,21+,22+,23+,24+,25+,26-,27+/m1/s1. The van der Waals surface area contributed by atoms with Crippen LogP contribution in [0.25, 0.3) is 0 Å². The van der Waals surface area contributed by atoms with Crippen LogP contribution in [0.5, 0.6) is 0 Å². The van der Waals surface area contributed by atoms with E-state index < -0.39 is 0 Å². The van der Waals surface area contributed by atoms with Crippen LogP contribution >= 0.6 is 0 Å². The average Bonchev–Trinajstić information content (AvgIpc) is 2.98. The summed E-state index contributed by atoms with van der Waals surface area (Å²) in [6.45, 7) is 8.38. The molecule has 0 unspecified atom stereocenters. The van der Waals surface area contributed by atoms with Gasteiger partial charge in [0.2, 0.25) is 0 Å². The first-order chi connectivity index (χ1) is 14.2. The number of ether oxygens (including phenoxy) is 1. The fourth-order valence-corrected chi connectivity index (χ4v) is 9.31. The monoisotopic (exact) mass is 410 g/mol. The number of Topliss-reactive ketones (excluding diaryl/α,β-unsaturated/α-hetero) is 1. The van der Waals surface area contributed by atoms with Gasteiger partial charge in [0.1, 0.15) is 11.9 Å². The van der Waals surface area contributed by atoms with Gasteiger partial charge in [0, 0.05) is 18.8 Å². The molecular weight excluding hydrogens is 372 g/mol. The fraction of sp³-hybridized carbons (Fsp3) is 0.778. The lowest BCUT2D eigenvalue weighted by Crippen LogP contribution is -2.55. The Morgan fingerprint density at radius 2 is 1.83 bits per heavy atom. The molecule has 5 rings (SSSR count). The molecule has 3 fully saturated rings. The quantitative estimate of drug-likeness (QED) is 0.412. The maximum Gasteiger partial charge on any atom is 0.302 e. The summed E-state index contributed by atoms with van der Waals surface area (Å²) < 4.78 is 5.59. The molecule has 0 spiro atoms. The maximum absolute atomic E-state index is 13.2. The molecule has 30 heavy (non-hydrogen) atoms. The lowest BCUT2D eigenvalue weighted by atomic mass is 9.44. The van der Waals surface area contributed by atoms with Crippen LogP contribution in [0.3, 0.4) is 0 Å².